The molecule has 23 heavy (non-hydrogen) atoms. The van der Waals surface area contributed by atoms with Crippen molar-refractivity contribution < 1.29 is 9.50 Å². The van der Waals surface area contributed by atoms with E-state index in [-0.39, 0.29) is 12.4 Å². The largest absolute Gasteiger partial charge is 0.392 e. The lowest BCUT2D eigenvalue weighted by Crippen LogP contribution is -2.18. The van der Waals surface area contributed by atoms with Crippen molar-refractivity contribution in [1.82, 2.24) is 9.55 Å². The van der Waals surface area contributed by atoms with Crippen molar-refractivity contribution >= 4 is 28.6 Å². The predicted molar refractivity (Wildman–Crippen MR) is 90.4 cm³/mol. The van der Waals surface area contributed by atoms with Gasteiger partial charge in [-0.25, -0.2) is 9.37 Å². The average Bonchev–Trinajstić information content (AvgIpc) is 2.87. The van der Waals surface area contributed by atoms with Crippen LogP contribution in [0.5, 0.6) is 0 Å². The second-order valence-corrected chi connectivity index (χ2v) is 5.85. The van der Waals surface area contributed by atoms with Gasteiger partial charge in [-0.05, 0) is 31.2 Å². The molecule has 0 saturated heterocycles. The summed E-state index contributed by atoms with van der Waals surface area (Å²) in [5, 5.41) is 13.0. The van der Waals surface area contributed by atoms with E-state index in [1.165, 1.54) is 6.07 Å². The molecule has 0 bridgehead atoms. The predicted octanol–water partition coefficient (Wildman–Crippen LogP) is 3.67. The van der Waals surface area contributed by atoms with Gasteiger partial charge >= 0.3 is 0 Å². The number of anilines is 1. The fourth-order valence-corrected chi connectivity index (χ4v) is 2.67. The van der Waals surface area contributed by atoms with E-state index in [9.17, 15) is 9.50 Å². The number of nitrogens with zero attached hydrogens (tertiary/aromatic N) is 2. The van der Waals surface area contributed by atoms with Crippen molar-refractivity contribution in [3.8, 4) is 0 Å². The van der Waals surface area contributed by atoms with Crippen LogP contribution in [-0.2, 0) is 6.54 Å². The van der Waals surface area contributed by atoms with Gasteiger partial charge in [0, 0.05) is 17.1 Å². The minimum atomic E-state index is -0.514. The molecule has 1 heterocycles. The second-order valence-electron chi connectivity index (χ2n) is 5.44. The zero-order valence-corrected chi connectivity index (χ0v) is 13.4. The van der Waals surface area contributed by atoms with Gasteiger partial charge in [-0.15, -0.1) is 0 Å². The van der Waals surface area contributed by atoms with Crippen LogP contribution in [0.1, 0.15) is 12.5 Å². The number of nitrogens with one attached hydrogen (secondary N) is 1. The van der Waals surface area contributed by atoms with Crippen LogP contribution in [0.15, 0.2) is 42.5 Å². The molecule has 0 radical (unpaired) electrons. The molecule has 0 fully saturated rings. The molecule has 0 spiro atoms. The highest BCUT2D eigenvalue weighted by Crippen LogP contribution is 2.25. The van der Waals surface area contributed by atoms with Crippen LogP contribution in [0, 0.1) is 5.82 Å². The first kappa shape index (κ1) is 15.8. The highest BCUT2D eigenvalue weighted by molar-refractivity contribution is 6.31. The van der Waals surface area contributed by atoms with Gasteiger partial charge in [-0.2, -0.15) is 0 Å². The Balaban J connectivity index is 2.05. The van der Waals surface area contributed by atoms with E-state index in [2.05, 4.69) is 10.3 Å². The van der Waals surface area contributed by atoms with E-state index in [4.69, 9.17) is 11.6 Å². The highest BCUT2D eigenvalue weighted by Gasteiger charge is 2.14. The van der Waals surface area contributed by atoms with Gasteiger partial charge < -0.3 is 15.0 Å². The lowest BCUT2D eigenvalue weighted by atomic mass is 10.2. The Hall–Kier alpha value is -2.11. The maximum atomic E-state index is 14.1. The molecular formula is C17H17ClFN3O. The van der Waals surface area contributed by atoms with E-state index < -0.39 is 6.10 Å². The maximum Gasteiger partial charge on any atom is 0.204 e. The molecule has 1 unspecified atom stereocenters. The van der Waals surface area contributed by atoms with Gasteiger partial charge in [0.05, 0.1) is 23.7 Å². The first-order chi connectivity index (χ1) is 11.1. The second kappa shape index (κ2) is 6.56. The smallest absolute Gasteiger partial charge is 0.204 e. The number of benzene rings is 2. The first-order valence-corrected chi connectivity index (χ1v) is 7.74. The summed E-state index contributed by atoms with van der Waals surface area (Å²) in [6.45, 7) is 2.30. The van der Waals surface area contributed by atoms with E-state index in [1.54, 1.807) is 19.1 Å². The van der Waals surface area contributed by atoms with Crippen LogP contribution in [-0.4, -0.2) is 27.3 Å². The zero-order valence-electron chi connectivity index (χ0n) is 12.6. The molecule has 0 amide bonds. The number of rotatable bonds is 5. The first-order valence-electron chi connectivity index (χ1n) is 7.36. The van der Waals surface area contributed by atoms with Crippen molar-refractivity contribution in [3.05, 3.63) is 58.9 Å². The van der Waals surface area contributed by atoms with Crippen LogP contribution in [0.25, 0.3) is 11.0 Å². The third-order valence-corrected chi connectivity index (χ3v) is 3.94. The molecule has 0 saturated carbocycles. The van der Waals surface area contributed by atoms with Gasteiger partial charge in [0.2, 0.25) is 5.95 Å². The molecule has 2 aromatic carbocycles. The fraction of sp³-hybridized carbons (Fsp3) is 0.235. The number of halogens is 2. The van der Waals surface area contributed by atoms with Crippen LogP contribution < -0.4 is 5.32 Å². The number of hydrogen-bond acceptors (Lipinski definition) is 3. The third-order valence-electron chi connectivity index (χ3n) is 3.59. The van der Waals surface area contributed by atoms with Crippen molar-refractivity contribution in [2.75, 3.05) is 11.9 Å². The molecule has 3 aromatic rings. The Bertz CT molecular complexity index is 812. The van der Waals surface area contributed by atoms with Gasteiger partial charge in [-0.3, -0.25) is 0 Å². The quantitative estimate of drug-likeness (QED) is 0.749. The maximum absolute atomic E-state index is 14.1. The molecule has 2 N–H and O–H groups in total. The normalized spacial score (nSPS) is 12.5. The average molecular weight is 334 g/mol. The Morgan fingerprint density at radius 3 is 2.78 bits per heavy atom. The van der Waals surface area contributed by atoms with Gasteiger partial charge in [0.25, 0.3) is 0 Å². The van der Waals surface area contributed by atoms with E-state index in [1.807, 2.05) is 28.8 Å². The van der Waals surface area contributed by atoms with Gasteiger partial charge in [0.1, 0.15) is 5.82 Å². The molecule has 3 rings (SSSR count). The number of para-hydroxylation sites is 2. The summed E-state index contributed by atoms with van der Waals surface area (Å²) in [5.41, 5.74) is 2.09. The monoisotopic (exact) mass is 333 g/mol. The van der Waals surface area contributed by atoms with E-state index in [0.29, 0.717) is 23.1 Å². The Labute approximate surface area is 138 Å². The van der Waals surface area contributed by atoms with Crippen molar-refractivity contribution in [3.63, 3.8) is 0 Å². The zero-order chi connectivity index (χ0) is 16.4. The molecule has 1 atom stereocenters. The number of aliphatic hydroxyl groups is 1. The molecule has 0 aliphatic rings. The summed E-state index contributed by atoms with van der Waals surface area (Å²) in [7, 11) is 0. The van der Waals surface area contributed by atoms with Crippen LogP contribution in [0.2, 0.25) is 5.02 Å². The van der Waals surface area contributed by atoms with Crippen molar-refractivity contribution in [2.45, 2.75) is 19.6 Å². The lowest BCUT2D eigenvalue weighted by molar-refractivity contribution is 0.208. The molecule has 1 aromatic heterocycles. The lowest BCUT2D eigenvalue weighted by Gasteiger charge is -2.13. The fourth-order valence-electron chi connectivity index (χ4n) is 2.45. The number of imidazole rings is 1. The topological polar surface area (TPSA) is 50.1 Å². The van der Waals surface area contributed by atoms with E-state index in [0.717, 1.165) is 11.0 Å². The SMILES string of the molecule is CC(O)CNc1nc2ccccc2n1Cc1c(F)cccc1Cl. The standard InChI is InChI=1S/C17H17ClFN3O/c1-11(23)9-20-17-21-15-7-2-3-8-16(15)22(17)10-12-13(18)5-4-6-14(12)19/h2-8,11,23H,9-10H2,1H3,(H,20,21). The summed E-state index contributed by atoms with van der Waals surface area (Å²) in [6, 6.07) is 12.3. The van der Waals surface area contributed by atoms with Crippen LogP contribution >= 0.6 is 11.6 Å². The summed E-state index contributed by atoms with van der Waals surface area (Å²) in [6.07, 6.45) is -0.514. The van der Waals surface area contributed by atoms with Crippen molar-refractivity contribution in [1.29, 1.82) is 0 Å². The summed E-state index contributed by atoms with van der Waals surface area (Å²) < 4.78 is 16.0. The number of hydrogen-bond donors (Lipinski definition) is 2. The minimum absolute atomic E-state index is 0.258. The molecule has 6 heteroatoms. The van der Waals surface area contributed by atoms with Crippen LogP contribution in [0.3, 0.4) is 0 Å². The van der Waals surface area contributed by atoms with Gasteiger partial charge in [-0.1, -0.05) is 29.8 Å². The molecule has 0 aliphatic carbocycles. The van der Waals surface area contributed by atoms with E-state index >= 15 is 0 Å². The summed E-state index contributed by atoms with van der Waals surface area (Å²) in [5.74, 6) is 0.225. The molecular weight excluding hydrogens is 317 g/mol. The Morgan fingerprint density at radius 2 is 2.04 bits per heavy atom. The summed E-state index contributed by atoms with van der Waals surface area (Å²) in [4.78, 5) is 4.52. The van der Waals surface area contributed by atoms with Crippen LogP contribution in [0.4, 0.5) is 10.3 Å². The molecule has 4 nitrogen and oxygen atoms in total. The van der Waals surface area contributed by atoms with Crippen molar-refractivity contribution in [2.24, 2.45) is 0 Å². The highest BCUT2D eigenvalue weighted by atomic mass is 35.5. The molecule has 120 valence electrons. The number of fused-ring (bicyclic) bond motifs is 1. The third kappa shape index (κ3) is 3.30. The summed E-state index contributed by atoms with van der Waals surface area (Å²) >= 11 is 6.14. The number of aromatic nitrogens is 2. The Kier molecular flexibility index (Phi) is 4.50. The number of aliphatic hydroxyl groups excluding tert-OH is 1. The minimum Gasteiger partial charge on any atom is -0.392 e. The van der Waals surface area contributed by atoms with Gasteiger partial charge in [0.15, 0.2) is 0 Å². The molecule has 0 aliphatic heterocycles. The Morgan fingerprint density at radius 1 is 1.26 bits per heavy atom.